The number of hydrogen-bond donors (Lipinski definition) is 0. The molecule has 0 saturated heterocycles. The molecule has 15 heavy (non-hydrogen) atoms. The van der Waals surface area contributed by atoms with Crippen molar-refractivity contribution in [2.75, 3.05) is 0 Å². The number of carbonyl (C=O) groups is 1. The molecule has 0 aliphatic carbocycles. The van der Waals surface area contributed by atoms with Crippen molar-refractivity contribution in [3.63, 3.8) is 0 Å². The summed E-state index contributed by atoms with van der Waals surface area (Å²) in [4.78, 5) is 14.7. The van der Waals surface area contributed by atoms with E-state index in [-0.39, 0.29) is 5.78 Å². The first-order valence-corrected chi connectivity index (χ1v) is 7.36. The second-order valence-electron chi connectivity index (χ2n) is 2.95. The predicted octanol–water partition coefficient (Wildman–Crippen LogP) is 4.87. The molecule has 0 atom stereocenters. The Morgan fingerprint density at radius 1 is 1.20 bits per heavy atom. The van der Waals surface area contributed by atoms with Crippen LogP contribution in [0.15, 0.2) is 26.5 Å². The van der Waals surface area contributed by atoms with E-state index in [0.717, 1.165) is 22.9 Å². The van der Waals surface area contributed by atoms with Crippen LogP contribution in [0.5, 0.6) is 0 Å². The van der Waals surface area contributed by atoms with Crippen molar-refractivity contribution in [3.05, 3.63) is 41.1 Å². The normalized spacial score (nSPS) is 10.6. The van der Waals surface area contributed by atoms with Gasteiger partial charge >= 0.3 is 0 Å². The molecule has 0 radical (unpaired) electrons. The van der Waals surface area contributed by atoms with Crippen molar-refractivity contribution in [1.29, 1.82) is 0 Å². The number of carbonyl (C=O) groups excluding carboxylic acids is 1. The van der Waals surface area contributed by atoms with Crippen molar-refractivity contribution in [3.8, 4) is 0 Å². The lowest BCUT2D eigenvalue weighted by atomic mass is 10.3. The fraction of sp³-hybridized carbons (Fsp3) is 0.100. The molecule has 0 saturated carbocycles. The molecule has 0 spiro atoms. The van der Waals surface area contributed by atoms with Crippen molar-refractivity contribution < 1.29 is 4.79 Å². The quantitative estimate of drug-likeness (QED) is 0.693. The zero-order valence-electron chi connectivity index (χ0n) is 7.71. The van der Waals surface area contributed by atoms with Gasteiger partial charge < -0.3 is 0 Å². The molecule has 0 aliphatic rings. The van der Waals surface area contributed by atoms with Crippen LogP contribution >= 0.6 is 54.5 Å². The Hall–Kier alpha value is 0.0300. The summed E-state index contributed by atoms with van der Waals surface area (Å²) in [7, 11) is 0. The number of aryl methyl sites for hydroxylation is 1. The summed E-state index contributed by atoms with van der Waals surface area (Å²) < 4.78 is 1.99. The van der Waals surface area contributed by atoms with E-state index in [1.54, 1.807) is 0 Å². The summed E-state index contributed by atoms with van der Waals surface area (Å²) in [5, 5.41) is 0. The molecule has 78 valence electrons. The van der Waals surface area contributed by atoms with E-state index < -0.39 is 0 Å². The van der Waals surface area contributed by atoms with E-state index in [1.807, 2.05) is 25.1 Å². The van der Waals surface area contributed by atoms with E-state index in [0.29, 0.717) is 0 Å². The van der Waals surface area contributed by atoms with E-state index in [4.69, 9.17) is 0 Å². The summed E-state index contributed by atoms with van der Waals surface area (Å²) in [5.74, 6) is 0.101. The predicted molar refractivity (Wildman–Crippen MR) is 72.2 cm³/mol. The molecule has 2 aromatic heterocycles. The highest BCUT2D eigenvalue weighted by Gasteiger charge is 2.14. The highest BCUT2D eigenvalue weighted by Crippen LogP contribution is 2.30. The Balaban J connectivity index is 2.36. The summed E-state index contributed by atoms with van der Waals surface area (Å²) in [6, 6.07) is 5.63. The number of thiophene rings is 2. The molecule has 0 N–H and O–H groups in total. The van der Waals surface area contributed by atoms with Gasteiger partial charge in [-0.25, -0.2) is 0 Å². The van der Waals surface area contributed by atoms with Crippen LogP contribution < -0.4 is 0 Å². The lowest BCUT2D eigenvalue weighted by Crippen LogP contribution is -1.93. The van der Waals surface area contributed by atoms with Gasteiger partial charge in [-0.2, -0.15) is 0 Å². The van der Waals surface area contributed by atoms with Crippen LogP contribution in [0.2, 0.25) is 0 Å². The fourth-order valence-corrected chi connectivity index (χ4v) is 4.02. The van der Waals surface area contributed by atoms with Crippen molar-refractivity contribution in [2.24, 2.45) is 0 Å². The maximum Gasteiger partial charge on any atom is 0.212 e. The largest absolute Gasteiger partial charge is 0.287 e. The molecule has 0 unspecified atom stereocenters. The maximum absolute atomic E-state index is 12.0. The van der Waals surface area contributed by atoms with Gasteiger partial charge in [0, 0.05) is 9.35 Å². The lowest BCUT2D eigenvalue weighted by Gasteiger charge is -1.90. The average Bonchev–Trinajstić information content (AvgIpc) is 2.74. The van der Waals surface area contributed by atoms with Crippen LogP contribution in [0.1, 0.15) is 19.4 Å². The summed E-state index contributed by atoms with van der Waals surface area (Å²) in [5.41, 5.74) is 0. The Morgan fingerprint density at radius 2 is 1.93 bits per heavy atom. The number of rotatable bonds is 2. The molecule has 0 amide bonds. The zero-order valence-corrected chi connectivity index (χ0v) is 12.5. The van der Waals surface area contributed by atoms with Crippen LogP contribution in [-0.2, 0) is 0 Å². The van der Waals surface area contributed by atoms with Crippen molar-refractivity contribution >= 4 is 60.3 Å². The molecule has 0 aromatic carbocycles. The van der Waals surface area contributed by atoms with E-state index in [1.165, 1.54) is 22.7 Å². The molecular weight excluding hydrogens is 360 g/mol. The van der Waals surface area contributed by atoms with Gasteiger partial charge in [0.25, 0.3) is 0 Å². The summed E-state index contributed by atoms with van der Waals surface area (Å²) >= 11 is 9.75. The first kappa shape index (κ1) is 11.5. The molecule has 0 fully saturated rings. The molecule has 2 heterocycles. The number of halogens is 2. The van der Waals surface area contributed by atoms with Gasteiger partial charge in [-0.3, -0.25) is 4.79 Å². The van der Waals surface area contributed by atoms with Crippen LogP contribution in [0.3, 0.4) is 0 Å². The Morgan fingerprint density at radius 3 is 2.40 bits per heavy atom. The smallest absolute Gasteiger partial charge is 0.212 e. The third kappa shape index (κ3) is 2.41. The van der Waals surface area contributed by atoms with Gasteiger partial charge in [0.1, 0.15) is 0 Å². The van der Waals surface area contributed by atoms with Crippen molar-refractivity contribution in [1.82, 2.24) is 0 Å². The topological polar surface area (TPSA) is 17.1 Å². The number of ketones is 1. The Kier molecular flexibility index (Phi) is 3.45. The van der Waals surface area contributed by atoms with Gasteiger partial charge in [0.05, 0.1) is 13.5 Å². The highest BCUT2D eigenvalue weighted by atomic mass is 79.9. The van der Waals surface area contributed by atoms with Gasteiger partial charge in [0.15, 0.2) is 0 Å². The lowest BCUT2D eigenvalue weighted by molar-refractivity contribution is 0.104. The third-order valence-corrected chi connectivity index (χ3v) is 5.64. The fourth-order valence-electron chi connectivity index (χ4n) is 1.13. The molecule has 1 nitrogen and oxygen atoms in total. The Labute approximate surface area is 112 Å². The van der Waals surface area contributed by atoms with Gasteiger partial charge in [0.2, 0.25) is 5.78 Å². The SMILES string of the molecule is Cc1sc(C(=O)c2ccc(Br)s2)cc1Br. The van der Waals surface area contributed by atoms with Gasteiger partial charge in [-0.1, -0.05) is 0 Å². The minimum atomic E-state index is 0.101. The second-order valence-corrected chi connectivity index (χ2v) is 7.52. The van der Waals surface area contributed by atoms with Crippen LogP contribution in [0, 0.1) is 6.92 Å². The van der Waals surface area contributed by atoms with E-state index >= 15 is 0 Å². The van der Waals surface area contributed by atoms with E-state index in [9.17, 15) is 4.79 Å². The second kappa shape index (κ2) is 4.49. The average molecular weight is 366 g/mol. The first-order chi connectivity index (χ1) is 7.08. The highest BCUT2D eigenvalue weighted by molar-refractivity contribution is 9.11. The minimum absolute atomic E-state index is 0.101. The van der Waals surface area contributed by atoms with Crippen LogP contribution in [-0.4, -0.2) is 5.78 Å². The minimum Gasteiger partial charge on any atom is -0.287 e. The molecule has 0 aliphatic heterocycles. The van der Waals surface area contributed by atoms with Gasteiger partial charge in [-0.05, 0) is 57.0 Å². The first-order valence-electron chi connectivity index (χ1n) is 4.14. The zero-order chi connectivity index (χ0) is 11.0. The Bertz CT molecular complexity index is 494. The van der Waals surface area contributed by atoms with Gasteiger partial charge in [-0.15, -0.1) is 22.7 Å². The molecular formula is C10H6Br2OS2. The summed E-state index contributed by atoms with van der Waals surface area (Å²) in [6.07, 6.45) is 0. The van der Waals surface area contributed by atoms with Crippen LogP contribution in [0.25, 0.3) is 0 Å². The molecule has 5 heteroatoms. The molecule has 0 bridgehead atoms. The van der Waals surface area contributed by atoms with Crippen LogP contribution in [0.4, 0.5) is 0 Å². The van der Waals surface area contributed by atoms with Crippen molar-refractivity contribution in [2.45, 2.75) is 6.92 Å². The monoisotopic (exact) mass is 364 g/mol. The van der Waals surface area contributed by atoms with E-state index in [2.05, 4.69) is 31.9 Å². The molecule has 2 aromatic rings. The standard InChI is InChI=1S/C10H6Br2OS2/c1-5-6(11)4-8(14-5)10(13)7-2-3-9(12)15-7/h2-4H,1H3. The third-order valence-electron chi connectivity index (χ3n) is 1.88. The molecule has 2 rings (SSSR count). The maximum atomic E-state index is 12.0. The number of hydrogen-bond acceptors (Lipinski definition) is 3. The summed E-state index contributed by atoms with van der Waals surface area (Å²) in [6.45, 7) is 2.00.